The van der Waals surface area contributed by atoms with E-state index >= 15 is 0 Å². The normalized spacial score (nSPS) is 12.7. The zero-order valence-electron chi connectivity index (χ0n) is 11.4. The van der Waals surface area contributed by atoms with Crippen molar-refractivity contribution >= 4 is 44.8 Å². The Balaban J connectivity index is 2.80. The average Bonchev–Trinajstić information content (AvgIpc) is 2.33. The standard InChI is InChI=1S/C13H18Cl3NO2S/c1-13(2,4-3-5-14)9-17-20(18,19)12-7-10(15)6-11(16)8-12/h6-8,17H,3-5,9H2,1-2H3. The van der Waals surface area contributed by atoms with E-state index in [9.17, 15) is 8.42 Å². The molecule has 1 rings (SSSR count). The Kier molecular flexibility index (Phi) is 6.61. The van der Waals surface area contributed by atoms with Crippen molar-refractivity contribution in [2.24, 2.45) is 5.41 Å². The third-order valence-electron chi connectivity index (χ3n) is 2.87. The maximum Gasteiger partial charge on any atom is 0.240 e. The van der Waals surface area contributed by atoms with Crippen molar-refractivity contribution in [2.45, 2.75) is 31.6 Å². The Hall–Kier alpha value is -0.000000000000000111. The lowest BCUT2D eigenvalue weighted by Crippen LogP contribution is -2.34. The lowest BCUT2D eigenvalue weighted by molar-refractivity contribution is 0.331. The zero-order valence-corrected chi connectivity index (χ0v) is 14.5. The molecule has 0 bridgehead atoms. The molecule has 0 aromatic heterocycles. The van der Waals surface area contributed by atoms with E-state index in [1.54, 1.807) is 0 Å². The SMILES string of the molecule is CC(C)(CCCCl)CNS(=O)(=O)c1cc(Cl)cc(Cl)c1. The molecule has 114 valence electrons. The number of rotatable bonds is 7. The predicted octanol–water partition coefficient (Wildman–Crippen LogP) is 4.32. The number of alkyl halides is 1. The fraction of sp³-hybridized carbons (Fsp3) is 0.538. The number of nitrogens with one attached hydrogen (secondary N) is 1. The van der Waals surface area contributed by atoms with Crippen LogP contribution in [0.5, 0.6) is 0 Å². The minimum atomic E-state index is -3.62. The van der Waals surface area contributed by atoms with Crippen molar-refractivity contribution in [3.05, 3.63) is 28.2 Å². The maximum atomic E-state index is 12.2. The first-order valence-electron chi connectivity index (χ1n) is 6.18. The van der Waals surface area contributed by atoms with Gasteiger partial charge in [-0.25, -0.2) is 13.1 Å². The molecule has 0 saturated heterocycles. The monoisotopic (exact) mass is 357 g/mol. The van der Waals surface area contributed by atoms with Crippen LogP contribution in [0.3, 0.4) is 0 Å². The number of hydrogen-bond acceptors (Lipinski definition) is 2. The van der Waals surface area contributed by atoms with Crippen molar-refractivity contribution in [2.75, 3.05) is 12.4 Å². The van der Waals surface area contributed by atoms with E-state index in [1.807, 2.05) is 13.8 Å². The minimum absolute atomic E-state index is 0.0724. The molecular formula is C13H18Cl3NO2S. The highest BCUT2D eigenvalue weighted by Crippen LogP contribution is 2.25. The maximum absolute atomic E-state index is 12.2. The molecular weight excluding hydrogens is 341 g/mol. The first-order chi connectivity index (χ1) is 9.16. The van der Waals surface area contributed by atoms with Gasteiger partial charge in [0.1, 0.15) is 0 Å². The molecule has 0 aliphatic heterocycles. The number of sulfonamides is 1. The van der Waals surface area contributed by atoms with Gasteiger partial charge in [-0.15, -0.1) is 11.6 Å². The van der Waals surface area contributed by atoms with Crippen LogP contribution < -0.4 is 4.72 Å². The molecule has 0 aliphatic carbocycles. The van der Waals surface area contributed by atoms with Gasteiger partial charge in [0.15, 0.2) is 0 Å². The summed E-state index contributed by atoms with van der Waals surface area (Å²) in [5, 5.41) is 0.582. The van der Waals surface area contributed by atoms with E-state index in [2.05, 4.69) is 4.72 Å². The van der Waals surface area contributed by atoms with E-state index in [4.69, 9.17) is 34.8 Å². The van der Waals surface area contributed by atoms with Crippen molar-refractivity contribution in [3.8, 4) is 0 Å². The van der Waals surface area contributed by atoms with Gasteiger partial charge in [-0.05, 0) is 36.5 Å². The molecule has 3 nitrogen and oxygen atoms in total. The molecule has 1 aromatic carbocycles. The van der Waals surface area contributed by atoms with Gasteiger partial charge < -0.3 is 0 Å². The summed E-state index contributed by atoms with van der Waals surface area (Å²) in [6.07, 6.45) is 1.69. The average molecular weight is 359 g/mol. The van der Waals surface area contributed by atoms with Crippen LogP contribution in [-0.2, 0) is 10.0 Å². The predicted molar refractivity (Wildman–Crippen MR) is 85.4 cm³/mol. The number of halogens is 3. The summed E-state index contributed by atoms with van der Waals surface area (Å²) in [7, 11) is -3.62. The van der Waals surface area contributed by atoms with E-state index in [1.165, 1.54) is 18.2 Å². The highest BCUT2D eigenvalue weighted by Gasteiger charge is 2.22. The summed E-state index contributed by atoms with van der Waals surface area (Å²) in [6.45, 7) is 4.32. The fourth-order valence-electron chi connectivity index (χ4n) is 1.69. The van der Waals surface area contributed by atoms with E-state index in [0.29, 0.717) is 22.5 Å². The van der Waals surface area contributed by atoms with Gasteiger partial charge in [0, 0.05) is 22.5 Å². The van der Waals surface area contributed by atoms with Crippen molar-refractivity contribution in [1.29, 1.82) is 0 Å². The Morgan fingerprint density at radius 3 is 2.20 bits per heavy atom. The Bertz CT molecular complexity index is 538. The first-order valence-corrected chi connectivity index (χ1v) is 8.95. The van der Waals surface area contributed by atoms with E-state index in [0.717, 1.165) is 12.8 Å². The van der Waals surface area contributed by atoms with Crippen LogP contribution in [-0.4, -0.2) is 20.8 Å². The Morgan fingerprint density at radius 1 is 1.15 bits per heavy atom. The van der Waals surface area contributed by atoms with Crippen LogP contribution in [0.2, 0.25) is 10.0 Å². The summed E-state index contributed by atoms with van der Waals surface area (Å²) >= 11 is 17.3. The van der Waals surface area contributed by atoms with Crippen LogP contribution in [0.4, 0.5) is 0 Å². The summed E-state index contributed by atoms with van der Waals surface area (Å²) < 4.78 is 27.0. The molecule has 0 radical (unpaired) electrons. The lowest BCUT2D eigenvalue weighted by Gasteiger charge is -2.24. The smallest absolute Gasteiger partial charge is 0.211 e. The second-order valence-electron chi connectivity index (χ2n) is 5.39. The molecule has 0 amide bonds. The molecule has 0 spiro atoms. The van der Waals surface area contributed by atoms with Gasteiger partial charge >= 0.3 is 0 Å². The second kappa shape index (κ2) is 7.32. The van der Waals surface area contributed by atoms with Gasteiger partial charge in [-0.2, -0.15) is 0 Å². The summed E-state index contributed by atoms with van der Waals surface area (Å²) in [6, 6.07) is 4.25. The van der Waals surface area contributed by atoms with Crippen molar-refractivity contribution in [3.63, 3.8) is 0 Å². The fourth-order valence-corrected chi connectivity index (χ4v) is 3.79. The van der Waals surface area contributed by atoms with Crippen LogP contribution >= 0.6 is 34.8 Å². The van der Waals surface area contributed by atoms with Crippen molar-refractivity contribution in [1.82, 2.24) is 4.72 Å². The van der Waals surface area contributed by atoms with Crippen LogP contribution in [0.25, 0.3) is 0 Å². The topological polar surface area (TPSA) is 46.2 Å². The minimum Gasteiger partial charge on any atom is -0.211 e. The van der Waals surface area contributed by atoms with Crippen LogP contribution in [0.1, 0.15) is 26.7 Å². The largest absolute Gasteiger partial charge is 0.240 e. The molecule has 20 heavy (non-hydrogen) atoms. The van der Waals surface area contributed by atoms with Crippen molar-refractivity contribution < 1.29 is 8.42 Å². The second-order valence-corrected chi connectivity index (χ2v) is 8.40. The summed E-state index contributed by atoms with van der Waals surface area (Å²) in [5.74, 6) is 0.570. The Morgan fingerprint density at radius 2 is 1.70 bits per heavy atom. The third kappa shape index (κ3) is 5.78. The number of hydrogen-bond donors (Lipinski definition) is 1. The van der Waals surface area contributed by atoms with E-state index in [-0.39, 0.29) is 10.3 Å². The first kappa shape index (κ1) is 18.1. The zero-order chi connectivity index (χ0) is 15.4. The quantitative estimate of drug-likeness (QED) is 0.738. The van der Waals surface area contributed by atoms with Crippen LogP contribution in [0.15, 0.2) is 23.1 Å². The highest BCUT2D eigenvalue weighted by atomic mass is 35.5. The summed E-state index contributed by atoms with van der Waals surface area (Å²) in [4.78, 5) is 0.0724. The molecule has 0 aliphatic rings. The van der Waals surface area contributed by atoms with Gasteiger partial charge in [0.2, 0.25) is 10.0 Å². The Labute approximate surface area is 135 Å². The van der Waals surface area contributed by atoms with E-state index < -0.39 is 10.0 Å². The number of benzene rings is 1. The molecule has 0 unspecified atom stereocenters. The molecule has 0 saturated carbocycles. The molecule has 0 atom stereocenters. The van der Waals surface area contributed by atoms with Gasteiger partial charge in [-0.3, -0.25) is 0 Å². The molecule has 0 fully saturated rings. The lowest BCUT2D eigenvalue weighted by atomic mass is 9.88. The molecule has 1 aromatic rings. The van der Waals surface area contributed by atoms with Gasteiger partial charge in [-0.1, -0.05) is 37.0 Å². The molecule has 1 N–H and O–H groups in total. The molecule has 0 heterocycles. The van der Waals surface area contributed by atoms with Gasteiger partial charge in [0.05, 0.1) is 4.90 Å². The van der Waals surface area contributed by atoms with Crippen LogP contribution in [0, 0.1) is 5.41 Å². The molecule has 7 heteroatoms. The third-order valence-corrected chi connectivity index (χ3v) is 4.96. The highest BCUT2D eigenvalue weighted by molar-refractivity contribution is 7.89. The summed E-state index contributed by atoms with van der Waals surface area (Å²) in [5.41, 5.74) is -0.162. The van der Waals surface area contributed by atoms with Gasteiger partial charge in [0.25, 0.3) is 0 Å².